The van der Waals surface area contributed by atoms with Gasteiger partial charge < -0.3 is 5.11 Å². The highest BCUT2D eigenvalue weighted by Gasteiger charge is 2.53. The lowest BCUT2D eigenvalue weighted by Crippen LogP contribution is -2.51. The summed E-state index contributed by atoms with van der Waals surface area (Å²) < 4.78 is 55.0. The molecule has 2 heterocycles. The Morgan fingerprint density at radius 2 is 1.86 bits per heavy atom. The summed E-state index contributed by atoms with van der Waals surface area (Å²) in [7, 11) is 0. The smallest absolute Gasteiger partial charge is 0.287 e. The van der Waals surface area contributed by atoms with Gasteiger partial charge in [0.1, 0.15) is 5.71 Å². The first-order valence-electron chi connectivity index (χ1n) is 8.53. The highest BCUT2D eigenvalue weighted by molar-refractivity contribution is 9.10. The Bertz CT molecular complexity index is 962. The molecule has 2 aromatic rings. The maximum atomic E-state index is 13.3. The first kappa shape index (κ1) is 21.4. The van der Waals surface area contributed by atoms with Crippen LogP contribution in [0.4, 0.5) is 17.6 Å². The second-order valence-electron chi connectivity index (χ2n) is 6.70. The number of halogens is 5. The van der Waals surface area contributed by atoms with Crippen molar-refractivity contribution in [3.8, 4) is 0 Å². The second kappa shape index (κ2) is 7.86. The molecule has 1 aliphatic heterocycles. The van der Waals surface area contributed by atoms with Crippen LogP contribution >= 0.6 is 15.9 Å². The Morgan fingerprint density at radius 1 is 1.24 bits per heavy atom. The van der Waals surface area contributed by atoms with Gasteiger partial charge in [0, 0.05) is 12.0 Å². The van der Waals surface area contributed by atoms with Gasteiger partial charge in [-0.3, -0.25) is 9.48 Å². The quantitative estimate of drug-likeness (QED) is 0.668. The van der Waals surface area contributed by atoms with E-state index in [-0.39, 0.29) is 10.6 Å². The monoisotopic (exact) mass is 476 g/mol. The first-order valence-corrected chi connectivity index (χ1v) is 9.33. The van der Waals surface area contributed by atoms with Gasteiger partial charge in [-0.25, -0.2) is 17.6 Å². The molecular weight excluding hydrogens is 460 g/mol. The maximum Gasteiger partial charge on any atom is 0.287 e. The number of hydrogen-bond acceptors (Lipinski definition) is 4. The van der Waals surface area contributed by atoms with Gasteiger partial charge in [0.2, 0.25) is 5.72 Å². The van der Waals surface area contributed by atoms with E-state index in [0.717, 1.165) is 21.4 Å². The van der Waals surface area contributed by atoms with E-state index >= 15 is 0 Å². The van der Waals surface area contributed by atoms with E-state index in [1.54, 1.807) is 16.8 Å². The van der Waals surface area contributed by atoms with Gasteiger partial charge >= 0.3 is 0 Å². The largest absolute Gasteiger partial charge is 0.364 e. The molecular formula is C18H17BrF4N4O2. The predicted octanol–water partition coefficient (Wildman–Crippen LogP) is 3.73. The molecule has 0 radical (unpaired) electrons. The summed E-state index contributed by atoms with van der Waals surface area (Å²) in [4.78, 5) is 12.6. The van der Waals surface area contributed by atoms with E-state index in [0.29, 0.717) is 6.54 Å². The lowest BCUT2D eigenvalue weighted by Gasteiger charge is -2.30. The zero-order valence-corrected chi connectivity index (χ0v) is 17.0. The Hall–Kier alpha value is -2.27. The number of amides is 1. The normalized spacial score (nSPS) is 19.4. The fourth-order valence-corrected chi connectivity index (χ4v) is 3.26. The lowest BCUT2D eigenvalue weighted by molar-refractivity contribution is -0.164. The highest BCUT2D eigenvalue weighted by Crippen LogP contribution is 2.34. The average molecular weight is 477 g/mol. The summed E-state index contributed by atoms with van der Waals surface area (Å²) in [5, 5.41) is 17.8. The van der Waals surface area contributed by atoms with Crippen LogP contribution < -0.4 is 0 Å². The van der Waals surface area contributed by atoms with Crippen LogP contribution in [0, 0.1) is 13.8 Å². The molecule has 156 valence electrons. The fraction of sp³-hybridized carbons (Fsp3) is 0.389. The Kier molecular flexibility index (Phi) is 5.81. The van der Waals surface area contributed by atoms with E-state index in [2.05, 4.69) is 26.1 Å². The van der Waals surface area contributed by atoms with Gasteiger partial charge in [-0.15, -0.1) is 0 Å². The van der Waals surface area contributed by atoms with Crippen LogP contribution in [0.25, 0.3) is 0 Å². The highest BCUT2D eigenvalue weighted by atomic mass is 79.9. The second-order valence-corrected chi connectivity index (χ2v) is 7.50. The Labute approximate surface area is 171 Å². The minimum Gasteiger partial charge on any atom is -0.364 e. The van der Waals surface area contributed by atoms with Crippen molar-refractivity contribution < 1.29 is 27.5 Å². The van der Waals surface area contributed by atoms with Crippen molar-refractivity contribution in [2.24, 2.45) is 5.10 Å². The van der Waals surface area contributed by atoms with Crippen LogP contribution in [0.3, 0.4) is 0 Å². The summed E-state index contributed by atoms with van der Waals surface area (Å²) in [6.45, 7) is 4.15. The molecule has 0 spiro atoms. The van der Waals surface area contributed by atoms with Crippen molar-refractivity contribution in [1.82, 2.24) is 14.8 Å². The predicted molar refractivity (Wildman–Crippen MR) is 100 cm³/mol. The van der Waals surface area contributed by atoms with Crippen LogP contribution in [-0.4, -0.2) is 50.1 Å². The van der Waals surface area contributed by atoms with Gasteiger partial charge in [0.25, 0.3) is 18.8 Å². The third kappa shape index (κ3) is 3.93. The molecule has 1 N–H and O–H groups in total. The van der Waals surface area contributed by atoms with Crippen molar-refractivity contribution in [2.45, 2.75) is 45.4 Å². The zero-order valence-electron chi connectivity index (χ0n) is 15.4. The van der Waals surface area contributed by atoms with Crippen LogP contribution in [0.15, 0.2) is 33.8 Å². The molecule has 1 atom stereocenters. The van der Waals surface area contributed by atoms with E-state index in [1.807, 2.05) is 13.8 Å². The summed E-state index contributed by atoms with van der Waals surface area (Å²) in [5.41, 5.74) is -1.62. The van der Waals surface area contributed by atoms with Crippen molar-refractivity contribution in [3.05, 3.63) is 51.3 Å². The van der Waals surface area contributed by atoms with Crippen molar-refractivity contribution in [2.75, 3.05) is 0 Å². The number of rotatable bonds is 5. The minimum absolute atomic E-state index is 0.0479. The molecule has 0 saturated carbocycles. The number of alkyl halides is 4. The SMILES string of the molecule is Cc1nn(Cc2ccc(C(=O)N3N=C(C(F)F)C[C@@]3(O)C(F)F)cc2)c(C)c1Br. The number of aliphatic hydroxyl groups is 1. The standard InChI is InChI=1S/C18H17BrF4N4O2/c1-9-14(19)10(2)26(24-9)8-11-3-5-12(6-4-11)16(28)27-18(29,17(22)23)7-13(25-27)15(20)21/h3-6,15,17,29H,7-8H2,1-2H3/t18-/m1/s1. The zero-order chi connectivity index (χ0) is 21.5. The Balaban J connectivity index is 1.83. The fourth-order valence-electron chi connectivity index (χ4n) is 2.98. The molecule has 11 heteroatoms. The van der Waals surface area contributed by atoms with Gasteiger partial charge in [-0.2, -0.15) is 15.2 Å². The third-order valence-electron chi connectivity index (χ3n) is 4.66. The number of carbonyl (C=O) groups excluding carboxylic acids is 1. The molecule has 0 bridgehead atoms. The number of hydrogen-bond donors (Lipinski definition) is 1. The van der Waals surface area contributed by atoms with Crippen molar-refractivity contribution in [1.29, 1.82) is 0 Å². The topological polar surface area (TPSA) is 70.7 Å². The van der Waals surface area contributed by atoms with E-state index in [4.69, 9.17) is 0 Å². The Morgan fingerprint density at radius 3 is 2.34 bits per heavy atom. The number of aromatic nitrogens is 2. The molecule has 0 aliphatic carbocycles. The van der Waals surface area contributed by atoms with Gasteiger partial charge in [-0.1, -0.05) is 12.1 Å². The number of hydrazone groups is 1. The van der Waals surface area contributed by atoms with Gasteiger partial charge in [-0.05, 0) is 47.5 Å². The molecule has 6 nitrogen and oxygen atoms in total. The summed E-state index contributed by atoms with van der Waals surface area (Å²) in [5.74, 6) is -1.09. The molecule has 1 amide bonds. The molecule has 1 aromatic carbocycles. The van der Waals surface area contributed by atoms with E-state index < -0.39 is 36.6 Å². The third-order valence-corrected chi connectivity index (χ3v) is 5.80. The summed E-state index contributed by atoms with van der Waals surface area (Å²) >= 11 is 3.43. The van der Waals surface area contributed by atoms with Crippen LogP contribution in [0.1, 0.15) is 33.7 Å². The molecule has 0 saturated heterocycles. The molecule has 1 aromatic heterocycles. The van der Waals surface area contributed by atoms with Gasteiger partial charge in [0.05, 0.1) is 22.4 Å². The van der Waals surface area contributed by atoms with Crippen molar-refractivity contribution in [3.63, 3.8) is 0 Å². The number of nitrogens with zero attached hydrogens (tertiary/aromatic N) is 4. The van der Waals surface area contributed by atoms with Crippen LogP contribution in [0.5, 0.6) is 0 Å². The lowest BCUT2D eigenvalue weighted by atomic mass is 10.1. The first-order chi connectivity index (χ1) is 13.5. The molecule has 1 aliphatic rings. The average Bonchev–Trinajstić information content (AvgIpc) is 3.15. The van der Waals surface area contributed by atoms with Crippen LogP contribution in [-0.2, 0) is 6.54 Å². The summed E-state index contributed by atoms with van der Waals surface area (Å²) in [6, 6.07) is 5.90. The van der Waals surface area contributed by atoms with Crippen LogP contribution in [0.2, 0.25) is 0 Å². The van der Waals surface area contributed by atoms with Gasteiger partial charge in [0.15, 0.2) is 0 Å². The number of aryl methyl sites for hydroxylation is 1. The van der Waals surface area contributed by atoms with E-state index in [1.165, 1.54) is 12.1 Å². The number of benzene rings is 1. The van der Waals surface area contributed by atoms with Crippen molar-refractivity contribution >= 4 is 27.5 Å². The molecule has 0 unspecified atom stereocenters. The minimum atomic E-state index is -3.46. The molecule has 29 heavy (non-hydrogen) atoms. The summed E-state index contributed by atoms with van der Waals surface area (Å²) in [6.07, 6.45) is -7.73. The molecule has 0 fully saturated rings. The number of carbonyl (C=O) groups is 1. The van der Waals surface area contributed by atoms with E-state index in [9.17, 15) is 27.5 Å². The maximum absolute atomic E-state index is 13.3. The molecule has 3 rings (SSSR count).